The average molecular weight is 599 g/mol. The van der Waals surface area contributed by atoms with E-state index in [0.29, 0.717) is 50.8 Å². The Bertz CT molecular complexity index is 1260. The molecule has 0 aliphatic carbocycles. The van der Waals surface area contributed by atoms with Gasteiger partial charge in [0, 0.05) is 6.42 Å². The number of imide groups is 1. The quantitative estimate of drug-likeness (QED) is 0.0576. The van der Waals surface area contributed by atoms with Gasteiger partial charge in [-0.1, -0.05) is 36.8 Å². The number of rotatable bonds is 17. The lowest BCUT2D eigenvalue weighted by atomic mass is 10.0. The summed E-state index contributed by atoms with van der Waals surface area (Å²) in [5.74, 6) is -4.03. The van der Waals surface area contributed by atoms with Crippen molar-refractivity contribution in [2.24, 2.45) is 33.7 Å². The van der Waals surface area contributed by atoms with E-state index in [4.69, 9.17) is 28.7 Å². The van der Waals surface area contributed by atoms with Gasteiger partial charge in [-0.3, -0.25) is 29.3 Å². The number of nitrogens with zero attached hydrogens (tertiary/aromatic N) is 1. The molecule has 1 heterocycles. The van der Waals surface area contributed by atoms with Crippen LogP contribution in [-0.2, 0) is 20.8 Å². The number of hydrogen-bond acceptors (Lipinski definition) is 8. The van der Waals surface area contributed by atoms with Gasteiger partial charge >= 0.3 is 0 Å². The molecule has 43 heavy (non-hydrogen) atoms. The number of aromatic nitrogens is 1. The fraction of sp³-hybridized carbons (Fsp3) is 0.429. The van der Waals surface area contributed by atoms with Gasteiger partial charge in [-0.2, -0.15) is 4.99 Å². The molecule has 0 saturated carbocycles. The highest BCUT2D eigenvalue weighted by atomic mass is 16.2. The number of hydrogen-bond donors (Lipinski definition) is 9. The first kappa shape index (κ1) is 34.6. The first-order valence-corrected chi connectivity index (χ1v) is 14.0. The molecule has 15 heteroatoms. The molecule has 2 rings (SSSR count). The fourth-order valence-electron chi connectivity index (χ4n) is 4.11. The zero-order valence-electron chi connectivity index (χ0n) is 24.0. The van der Waals surface area contributed by atoms with Gasteiger partial charge in [-0.15, -0.1) is 0 Å². The van der Waals surface area contributed by atoms with E-state index in [2.05, 4.69) is 25.9 Å². The summed E-state index contributed by atoms with van der Waals surface area (Å²) in [4.78, 5) is 70.3. The summed E-state index contributed by atoms with van der Waals surface area (Å²) in [7, 11) is 0. The number of carbonyl (C=O) groups is 5. The normalized spacial score (nSPS) is 12.8. The van der Waals surface area contributed by atoms with Crippen LogP contribution in [0.3, 0.4) is 0 Å². The van der Waals surface area contributed by atoms with Crippen molar-refractivity contribution in [2.75, 3.05) is 13.1 Å². The Kier molecular flexibility index (Phi) is 14.5. The maximum atomic E-state index is 13.4. The van der Waals surface area contributed by atoms with E-state index >= 15 is 0 Å². The molecule has 1 aromatic heterocycles. The van der Waals surface area contributed by atoms with Crippen molar-refractivity contribution in [2.45, 2.75) is 63.1 Å². The number of amides is 5. The molecule has 15 nitrogen and oxygen atoms in total. The average Bonchev–Trinajstić information content (AvgIpc) is 3.47. The highest BCUT2D eigenvalue weighted by Crippen LogP contribution is 2.09. The Morgan fingerprint density at radius 2 is 1.35 bits per heavy atom. The lowest BCUT2D eigenvalue weighted by Gasteiger charge is -2.24. The maximum absolute atomic E-state index is 13.4. The van der Waals surface area contributed by atoms with Crippen LogP contribution in [0.15, 0.2) is 47.5 Å². The van der Waals surface area contributed by atoms with E-state index < -0.39 is 53.6 Å². The predicted molar refractivity (Wildman–Crippen MR) is 161 cm³/mol. The second kappa shape index (κ2) is 18.0. The third-order valence-electron chi connectivity index (χ3n) is 6.43. The number of benzene rings is 1. The number of H-pyrrole nitrogens is 1. The van der Waals surface area contributed by atoms with Crippen molar-refractivity contribution in [3.63, 3.8) is 0 Å². The first-order valence-electron chi connectivity index (χ1n) is 14.0. The van der Waals surface area contributed by atoms with Gasteiger partial charge < -0.3 is 44.3 Å². The molecule has 0 saturated heterocycles. The van der Waals surface area contributed by atoms with Crippen molar-refractivity contribution < 1.29 is 24.0 Å². The lowest BCUT2D eigenvalue weighted by molar-refractivity contribution is -0.132. The molecule has 1 aromatic carbocycles. The molecular formula is C28H42N10O5. The molecule has 2 aromatic rings. The van der Waals surface area contributed by atoms with Crippen molar-refractivity contribution >= 4 is 35.5 Å². The van der Waals surface area contributed by atoms with Crippen LogP contribution in [-0.4, -0.2) is 71.7 Å². The van der Waals surface area contributed by atoms with Crippen LogP contribution in [0.1, 0.15) is 65.1 Å². The minimum Gasteiger partial charge on any atom is -0.370 e. The number of nitrogens with one attached hydrogen (secondary N) is 4. The smallest absolute Gasteiger partial charge is 0.296 e. The molecule has 234 valence electrons. The summed E-state index contributed by atoms with van der Waals surface area (Å²) in [6.07, 6.45) is 3.25. The summed E-state index contributed by atoms with van der Waals surface area (Å²) in [5, 5.41) is 7.61. The topological polar surface area (TPSA) is 280 Å². The minimum atomic E-state index is -1.19. The molecule has 14 N–H and O–H groups in total. The molecule has 0 radical (unpaired) electrons. The third-order valence-corrected chi connectivity index (χ3v) is 6.43. The number of aliphatic imine (C=N–C) groups is 1. The predicted octanol–water partition coefficient (Wildman–Crippen LogP) is -1.52. The summed E-state index contributed by atoms with van der Waals surface area (Å²) < 4.78 is 0. The molecular weight excluding hydrogens is 556 g/mol. The lowest BCUT2D eigenvalue weighted by Crippen LogP contribution is -2.56. The molecule has 0 bridgehead atoms. The SMILES string of the molecule is NCCCC[C@H](NC(=O)[C@@H](N)CCCCN)C(=O)N[C@@H](Cc1ccccc1)C(=O)NC(=O)c1ccc(C(=O)N=C(N)N)[nH]1. The van der Waals surface area contributed by atoms with E-state index in [1.807, 2.05) is 0 Å². The van der Waals surface area contributed by atoms with Gasteiger partial charge in [0.2, 0.25) is 17.7 Å². The van der Waals surface area contributed by atoms with Gasteiger partial charge in [0.05, 0.1) is 6.04 Å². The van der Waals surface area contributed by atoms with Crippen LogP contribution < -0.4 is 44.6 Å². The molecule has 0 spiro atoms. The fourth-order valence-corrected chi connectivity index (χ4v) is 4.11. The van der Waals surface area contributed by atoms with Gasteiger partial charge in [0.25, 0.3) is 11.8 Å². The molecule has 3 atom stereocenters. The monoisotopic (exact) mass is 598 g/mol. The van der Waals surface area contributed by atoms with E-state index in [-0.39, 0.29) is 24.2 Å². The molecule has 0 aliphatic rings. The molecule has 0 fully saturated rings. The Hall–Kier alpha value is -4.60. The van der Waals surface area contributed by atoms with E-state index in [1.54, 1.807) is 30.3 Å². The van der Waals surface area contributed by atoms with E-state index in [0.717, 1.165) is 0 Å². The number of nitrogens with two attached hydrogens (primary N) is 5. The third kappa shape index (κ3) is 12.0. The van der Waals surface area contributed by atoms with Crippen LogP contribution >= 0.6 is 0 Å². The Labute approximate surface area is 249 Å². The van der Waals surface area contributed by atoms with Crippen molar-refractivity contribution in [3.8, 4) is 0 Å². The number of guanidine groups is 1. The van der Waals surface area contributed by atoms with Crippen LogP contribution in [0.4, 0.5) is 0 Å². The molecule has 0 aliphatic heterocycles. The van der Waals surface area contributed by atoms with Gasteiger partial charge in [-0.25, -0.2) is 0 Å². The second-order valence-corrected chi connectivity index (χ2v) is 9.93. The van der Waals surface area contributed by atoms with Gasteiger partial charge in [0.15, 0.2) is 5.96 Å². The number of carbonyl (C=O) groups excluding carboxylic acids is 5. The molecule has 0 unspecified atom stereocenters. The molecule has 5 amide bonds. The van der Waals surface area contributed by atoms with E-state index in [9.17, 15) is 24.0 Å². The highest BCUT2D eigenvalue weighted by Gasteiger charge is 2.29. The standard InChI is InChI=1S/C28H42N10O5/c29-14-6-4-10-18(31)23(39)35-19(11-5-7-15-30)24(40)36-22(16-17-8-2-1-3-9-17)27(43)37-25(41)20-12-13-21(34-20)26(42)38-28(32)33/h1-3,8-9,12-13,18-19,22,34H,4-7,10-11,14-16,29-31H2,(H,35,39)(H,36,40)(H,37,41,43)(H4,32,33,38,42)/t18-,19-,22-/m0/s1. The maximum Gasteiger partial charge on any atom is 0.296 e. The summed E-state index contributed by atoms with van der Waals surface area (Å²) in [6.45, 7) is 0.882. The van der Waals surface area contributed by atoms with Crippen molar-refractivity contribution in [3.05, 3.63) is 59.4 Å². The van der Waals surface area contributed by atoms with E-state index in [1.165, 1.54) is 12.1 Å². The minimum absolute atomic E-state index is 0.0483. The summed E-state index contributed by atoms with van der Waals surface area (Å²) in [6, 6.07) is 8.42. The zero-order chi connectivity index (χ0) is 31.8. The van der Waals surface area contributed by atoms with Gasteiger partial charge in [0.1, 0.15) is 23.5 Å². The van der Waals surface area contributed by atoms with Crippen molar-refractivity contribution in [1.29, 1.82) is 0 Å². The van der Waals surface area contributed by atoms with Crippen LogP contribution in [0.25, 0.3) is 0 Å². The largest absolute Gasteiger partial charge is 0.370 e. The Morgan fingerprint density at radius 1 is 0.744 bits per heavy atom. The van der Waals surface area contributed by atoms with Crippen LogP contribution in [0.2, 0.25) is 0 Å². The summed E-state index contributed by atoms with van der Waals surface area (Å²) in [5.41, 5.74) is 28.1. The summed E-state index contributed by atoms with van der Waals surface area (Å²) >= 11 is 0. The number of aromatic amines is 1. The first-order chi connectivity index (χ1) is 20.5. The zero-order valence-corrected chi connectivity index (χ0v) is 24.0. The Balaban J connectivity index is 2.20. The highest BCUT2D eigenvalue weighted by molar-refractivity contribution is 6.07. The number of unbranched alkanes of at least 4 members (excludes halogenated alkanes) is 2. The van der Waals surface area contributed by atoms with Crippen molar-refractivity contribution in [1.82, 2.24) is 20.9 Å². The van der Waals surface area contributed by atoms with Crippen LogP contribution in [0.5, 0.6) is 0 Å². The second-order valence-electron chi connectivity index (χ2n) is 9.93. The Morgan fingerprint density at radius 3 is 1.98 bits per heavy atom. The van der Waals surface area contributed by atoms with Gasteiger partial charge in [-0.05, 0) is 62.9 Å². The van der Waals surface area contributed by atoms with Crippen LogP contribution in [0, 0.1) is 0 Å².